The predicted octanol–water partition coefficient (Wildman–Crippen LogP) is 3.38. The maximum atomic E-state index is 12.7. The molecule has 0 atom stereocenters. The van der Waals surface area contributed by atoms with Gasteiger partial charge in [-0.2, -0.15) is 0 Å². The quantitative estimate of drug-likeness (QED) is 0.534. The number of carbonyl (C=O) groups excluding carboxylic acids is 2. The summed E-state index contributed by atoms with van der Waals surface area (Å²) in [5.41, 5.74) is 0.677. The molecule has 0 unspecified atom stereocenters. The van der Waals surface area contributed by atoms with Crippen LogP contribution >= 0.6 is 11.8 Å². The summed E-state index contributed by atoms with van der Waals surface area (Å²) >= 11 is 1.41. The van der Waals surface area contributed by atoms with Gasteiger partial charge in [0.05, 0.1) is 19.5 Å². The molecule has 0 aromatic heterocycles. The molecule has 0 saturated heterocycles. The van der Waals surface area contributed by atoms with Gasteiger partial charge in [-0.1, -0.05) is 18.2 Å². The molecular formula is C19H21NO4S. The van der Waals surface area contributed by atoms with E-state index in [1.165, 1.54) is 16.7 Å². The van der Waals surface area contributed by atoms with E-state index < -0.39 is 5.97 Å². The highest BCUT2D eigenvalue weighted by Crippen LogP contribution is 2.23. The van der Waals surface area contributed by atoms with Crippen LogP contribution in [0.25, 0.3) is 0 Å². The van der Waals surface area contributed by atoms with E-state index in [9.17, 15) is 9.59 Å². The Morgan fingerprint density at radius 1 is 1.04 bits per heavy atom. The lowest BCUT2D eigenvalue weighted by Gasteiger charge is -2.21. The summed E-state index contributed by atoms with van der Waals surface area (Å²) in [6.07, 6.45) is 0. The molecule has 0 aliphatic carbocycles. The van der Waals surface area contributed by atoms with Crippen molar-refractivity contribution < 1.29 is 19.1 Å². The molecule has 0 bridgehead atoms. The van der Waals surface area contributed by atoms with Crippen LogP contribution in [0.15, 0.2) is 59.5 Å². The highest BCUT2D eigenvalue weighted by atomic mass is 32.2. The van der Waals surface area contributed by atoms with Crippen LogP contribution in [-0.4, -0.2) is 37.9 Å². The first-order chi connectivity index (χ1) is 12.1. The van der Waals surface area contributed by atoms with Crippen molar-refractivity contribution in [3.8, 4) is 5.75 Å². The molecule has 0 spiro atoms. The Bertz CT molecular complexity index is 688. The third kappa shape index (κ3) is 5.83. The van der Waals surface area contributed by atoms with E-state index in [-0.39, 0.29) is 24.8 Å². The first-order valence-electron chi connectivity index (χ1n) is 7.92. The van der Waals surface area contributed by atoms with Gasteiger partial charge in [-0.15, -0.1) is 11.8 Å². The number of methoxy groups -OCH3 is 1. The van der Waals surface area contributed by atoms with Crippen LogP contribution in [0.1, 0.15) is 6.92 Å². The van der Waals surface area contributed by atoms with Crippen molar-refractivity contribution in [2.45, 2.75) is 11.8 Å². The van der Waals surface area contributed by atoms with Gasteiger partial charge in [0.25, 0.3) is 0 Å². The van der Waals surface area contributed by atoms with Gasteiger partial charge in [0, 0.05) is 10.6 Å². The molecule has 0 aliphatic heterocycles. The Balaban J connectivity index is 2.04. The van der Waals surface area contributed by atoms with Gasteiger partial charge in [0.2, 0.25) is 5.91 Å². The molecule has 5 nitrogen and oxygen atoms in total. The molecule has 0 aliphatic rings. The lowest BCUT2D eigenvalue weighted by Crippen LogP contribution is -2.37. The number of hydrogen-bond acceptors (Lipinski definition) is 5. The van der Waals surface area contributed by atoms with Crippen LogP contribution in [0.5, 0.6) is 5.75 Å². The van der Waals surface area contributed by atoms with Crippen LogP contribution in [0.2, 0.25) is 0 Å². The van der Waals surface area contributed by atoms with Crippen molar-refractivity contribution in [1.82, 2.24) is 0 Å². The first-order valence-corrected chi connectivity index (χ1v) is 8.90. The van der Waals surface area contributed by atoms with Crippen molar-refractivity contribution in [2.75, 3.05) is 30.9 Å². The third-order valence-corrected chi connectivity index (χ3v) is 4.38. The Kier molecular flexibility index (Phi) is 7.35. The maximum Gasteiger partial charge on any atom is 0.326 e. The molecule has 0 N–H and O–H groups in total. The number of rotatable bonds is 8. The summed E-state index contributed by atoms with van der Waals surface area (Å²) in [6, 6.07) is 16.6. The van der Waals surface area contributed by atoms with Gasteiger partial charge in [0.1, 0.15) is 12.3 Å². The minimum Gasteiger partial charge on any atom is -0.497 e. The molecule has 2 aromatic rings. The van der Waals surface area contributed by atoms with Crippen molar-refractivity contribution in [1.29, 1.82) is 0 Å². The van der Waals surface area contributed by atoms with Crippen molar-refractivity contribution in [3.05, 3.63) is 54.6 Å². The number of hydrogen-bond donors (Lipinski definition) is 0. The number of carbonyl (C=O) groups is 2. The van der Waals surface area contributed by atoms with Crippen LogP contribution in [0.4, 0.5) is 5.69 Å². The fraction of sp³-hybridized carbons (Fsp3) is 0.263. The molecule has 6 heteroatoms. The topological polar surface area (TPSA) is 55.8 Å². The number of amides is 1. The summed E-state index contributed by atoms with van der Waals surface area (Å²) in [4.78, 5) is 26.9. The number of nitrogens with zero attached hydrogens (tertiary/aromatic N) is 1. The Hall–Kier alpha value is -2.47. The maximum absolute atomic E-state index is 12.7. The summed E-state index contributed by atoms with van der Waals surface area (Å²) in [5, 5.41) is 0. The van der Waals surface area contributed by atoms with E-state index in [2.05, 4.69) is 0 Å². The molecule has 2 rings (SSSR count). The molecular weight excluding hydrogens is 338 g/mol. The fourth-order valence-electron chi connectivity index (χ4n) is 2.16. The number of thioether (sulfide) groups is 1. The second kappa shape index (κ2) is 9.74. The summed E-state index contributed by atoms with van der Waals surface area (Å²) < 4.78 is 10.1. The molecule has 25 heavy (non-hydrogen) atoms. The Labute approximate surface area is 151 Å². The highest BCUT2D eigenvalue weighted by Gasteiger charge is 2.19. The number of anilines is 1. The van der Waals surface area contributed by atoms with Crippen LogP contribution < -0.4 is 9.64 Å². The Morgan fingerprint density at radius 3 is 2.32 bits per heavy atom. The monoisotopic (exact) mass is 359 g/mol. The van der Waals surface area contributed by atoms with Crippen LogP contribution in [0, 0.1) is 0 Å². The van der Waals surface area contributed by atoms with Crippen molar-refractivity contribution in [3.63, 3.8) is 0 Å². The van der Waals surface area contributed by atoms with Crippen LogP contribution in [0.3, 0.4) is 0 Å². The van der Waals surface area contributed by atoms with E-state index in [4.69, 9.17) is 9.47 Å². The smallest absolute Gasteiger partial charge is 0.326 e. The molecule has 0 radical (unpaired) electrons. The average Bonchev–Trinajstić information content (AvgIpc) is 2.65. The zero-order valence-electron chi connectivity index (χ0n) is 14.3. The first kappa shape index (κ1) is 18.9. The molecule has 2 aromatic carbocycles. The van der Waals surface area contributed by atoms with Gasteiger partial charge in [0.15, 0.2) is 0 Å². The molecule has 1 amide bonds. The number of ether oxygens (including phenoxy) is 2. The van der Waals surface area contributed by atoms with E-state index >= 15 is 0 Å². The minimum absolute atomic E-state index is 0.0974. The standard InChI is InChI=1S/C19H21NO4S/c1-3-24-19(22)13-20(15-7-5-4-6-8-15)18(21)14-25-17-11-9-16(23-2)10-12-17/h4-12H,3,13-14H2,1-2H3. The summed E-state index contributed by atoms with van der Waals surface area (Å²) in [7, 11) is 1.61. The van der Waals surface area contributed by atoms with Gasteiger partial charge < -0.3 is 14.4 Å². The molecule has 0 heterocycles. The van der Waals surface area contributed by atoms with Crippen molar-refractivity contribution >= 4 is 29.3 Å². The van der Waals surface area contributed by atoms with Crippen LogP contribution in [-0.2, 0) is 14.3 Å². The summed E-state index contributed by atoms with van der Waals surface area (Å²) in [6.45, 7) is 1.93. The highest BCUT2D eigenvalue weighted by molar-refractivity contribution is 8.00. The van der Waals surface area contributed by atoms with Crippen molar-refractivity contribution in [2.24, 2.45) is 0 Å². The SMILES string of the molecule is CCOC(=O)CN(C(=O)CSc1ccc(OC)cc1)c1ccccc1. The minimum atomic E-state index is -0.422. The van der Waals surface area contributed by atoms with E-state index in [0.29, 0.717) is 5.69 Å². The third-order valence-electron chi connectivity index (χ3n) is 3.38. The second-order valence-corrected chi connectivity index (χ2v) is 6.13. The van der Waals surface area contributed by atoms with Gasteiger partial charge in [-0.05, 0) is 43.3 Å². The second-order valence-electron chi connectivity index (χ2n) is 5.08. The largest absolute Gasteiger partial charge is 0.497 e. The van der Waals surface area contributed by atoms with E-state index in [1.807, 2.05) is 42.5 Å². The molecule has 0 saturated carbocycles. The zero-order valence-corrected chi connectivity index (χ0v) is 15.1. The van der Waals surface area contributed by atoms with Gasteiger partial charge >= 0.3 is 5.97 Å². The number of para-hydroxylation sites is 1. The average molecular weight is 359 g/mol. The predicted molar refractivity (Wildman–Crippen MR) is 99.1 cm³/mol. The molecule has 132 valence electrons. The number of esters is 1. The summed E-state index contributed by atoms with van der Waals surface area (Å²) in [5.74, 6) is 0.416. The fourth-order valence-corrected chi connectivity index (χ4v) is 2.94. The van der Waals surface area contributed by atoms with E-state index in [1.54, 1.807) is 26.2 Å². The molecule has 0 fully saturated rings. The lowest BCUT2D eigenvalue weighted by atomic mass is 10.3. The van der Waals surface area contributed by atoms with Gasteiger partial charge in [-0.3, -0.25) is 9.59 Å². The Morgan fingerprint density at radius 2 is 1.72 bits per heavy atom. The zero-order chi connectivity index (χ0) is 18.1. The lowest BCUT2D eigenvalue weighted by molar-refractivity contribution is -0.142. The number of benzene rings is 2. The normalized spacial score (nSPS) is 10.2. The van der Waals surface area contributed by atoms with Gasteiger partial charge in [-0.25, -0.2) is 0 Å². The van der Waals surface area contributed by atoms with E-state index in [0.717, 1.165) is 10.6 Å².